The summed E-state index contributed by atoms with van der Waals surface area (Å²) in [7, 11) is 0. The number of benzene rings is 1. The Morgan fingerprint density at radius 3 is 2.06 bits per heavy atom. The Labute approximate surface area is 111 Å². The van der Waals surface area contributed by atoms with Crippen LogP contribution in [0, 0.1) is 13.8 Å². The summed E-state index contributed by atoms with van der Waals surface area (Å²) >= 11 is 0. The van der Waals surface area contributed by atoms with E-state index in [1.165, 1.54) is 22.3 Å². The van der Waals surface area contributed by atoms with Gasteiger partial charge in [-0.2, -0.15) is 0 Å². The minimum Gasteiger partial charge on any atom is -0.356 e. The molecule has 100 valence electrons. The molecule has 0 spiro atoms. The molecule has 0 saturated carbocycles. The SMILES string of the molecule is CC(=O)NCCc1c(C)cc(C(C)(C)C)cc1C. The number of nitrogens with one attached hydrogen (secondary N) is 1. The van der Waals surface area contributed by atoms with E-state index in [-0.39, 0.29) is 11.3 Å². The lowest BCUT2D eigenvalue weighted by atomic mass is 9.83. The molecular weight excluding hydrogens is 222 g/mol. The zero-order valence-corrected chi connectivity index (χ0v) is 12.5. The molecule has 0 aromatic heterocycles. The molecule has 1 aromatic carbocycles. The number of rotatable bonds is 3. The second-order valence-electron chi connectivity index (χ2n) is 6.07. The number of carbonyl (C=O) groups is 1. The Kier molecular flexibility index (Phi) is 4.55. The summed E-state index contributed by atoms with van der Waals surface area (Å²) in [4.78, 5) is 10.9. The summed E-state index contributed by atoms with van der Waals surface area (Å²) in [6.45, 7) is 13.3. The molecule has 0 fully saturated rings. The van der Waals surface area contributed by atoms with Gasteiger partial charge < -0.3 is 5.32 Å². The monoisotopic (exact) mass is 247 g/mol. The van der Waals surface area contributed by atoms with Gasteiger partial charge >= 0.3 is 0 Å². The Morgan fingerprint density at radius 1 is 1.17 bits per heavy atom. The molecule has 1 N–H and O–H groups in total. The van der Waals surface area contributed by atoms with Crippen LogP contribution in [-0.2, 0) is 16.6 Å². The van der Waals surface area contributed by atoms with E-state index in [0.717, 1.165) is 6.42 Å². The summed E-state index contributed by atoms with van der Waals surface area (Å²) < 4.78 is 0. The zero-order chi connectivity index (χ0) is 13.9. The fourth-order valence-electron chi connectivity index (χ4n) is 2.18. The molecule has 18 heavy (non-hydrogen) atoms. The molecule has 0 heterocycles. The number of hydrogen-bond acceptors (Lipinski definition) is 1. The van der Waals surface area contributed by atoms with Crippen molar-refractivity contribution < 1.29 is 4.79 Å². The summed E-state index contributed by atoms with van der Waals surface area (Å²) in [6.07, 6.45) is 0.904. The summed E-state index contributed by atoms with van der Waals surface area (Å²) in [5.41, 5.74) is 5.57. The lowest BCUT2D eigenvalue weighted by Crippen LogP contribution is -2.23. The predicted molar refractivity (Wildman–Crippen MR) is 77.0 cm³/mol. The number of aryl methyl sites for hydroxylation is 2. The second kappa shape index (κ2) is 5.55. The average molecular weight is 247 g/mol. The topological polar surface area (TPSA) is 29.1 Å². The molecule has 2 heteroatoms. The molecule has 1 amide bonds. The molecule has 0 saturated heterocycles. The van der Waals surface area contributed by atoms with Gasteiger partial charge in [-0.05, 0) is 47.9 Å². The van der Waals surface area contributed by atoms with Gasteiger partial charge in [-0.25, -0.2) is 0 Å². The van der Waals surface area contributed by atoms with Crippen LogP contribution in [0.5, 0.6) is 0 Å². The van der Waals surface area contributed by atoms with Crippen LogP contribution in [0.25, 0.3) is 0 Å². The first kappa shape index (κ1) is 14.7. The summed E-state index contributed by atoms with van der Waals surface area (Å²) in [6, 6.07) is 4.55. The third kappa shape index (κ3) is 3.86. The highest BCUT2D eigenvalue weighted by Crippen LogP contribution is 2.26. The molecule has 0 unspecified atom stereocenters. The van der Waals surface area contributed by atoms with E-state index in [1.807, 2.05) is 0 Å². The number of amides is 1. The van der Waals surface area contributed by atoms with Gasteiger partial charge in [-0.15, -0.1) is 0 Å². The van der Waals surface area contributed by atoms with Crippen molar-refractivity contribution in [3.8, 4) is 0 Å². The van der Waals surface area contributed by atoms with Crippen molar-refractivity contribution in [2.24, 2.45) is 0 Å². The smallest absolute Gasteiger partial charge is 0.216 e. The van der Waals surface area contributed by atoms with E-state index in [0.29, 0.717) is 6.54 Å². The Bertz CT molecular complexity index is 418. The summed E-state index contributed by atoms with van der Waals surface area (Å²) in [5, 5.41) is 2.85. The van der Waals surface area contributed by atoms with Gasteiger partial charge in [0.2, 0.25) is 5.91 Å². The maximum atomic E-state index is 10.9. The van der Waals surface area contributed by atoms with E-state index < -0.39 is 0 Å². The Hall–Kier alpha value is -1.31. The average Bonchev–Trinajstić information content (AvgIpc) is 2.20. The van der Waals surface area contributed by atoms with Gasteiger partial charge in [0, 0.05) is 13.5 Å². The van der Waals surface area contributed by atoms with E-state index in [4.69, 9.17) is 0 Å². The van der Waals surface area contributed by atoms with Crippen LogP contribution in [0.4, 0.5) is 0 Å². The van der Waals surface area contributed by atoms with Crippen LogP contribution in [0.15, 0.2) is 12.1 Å². The van der Waals surface area contributed by atoms with Crippen molar-refractivity contribution >= 4 is 5.91 Å². The predicted octanol–water partition coefficient (Wildman–Crippen LogP) is 3.28. The largest absolute Gasteiger partial charge is 0.356 e. The third-order valence-electron chi connectivity index (χ3n) is 3.31. The molecule has 1 aromatic rings. The molecular formula is C16H25NO. The first-order valence-corrected chi connectivity index (χ1v) is 6.57. The number of hydrogen-bond donors (Lipinski definition) is 1. The molecule has 0 aliphatic carbocycles. The quantitative estimate of drug-likeness (QED) is 0.872. The summed E-state index contributed by atoms with van der Waals surface area (Å²) in [5.74, 6) is 0.0385. The number of carbonyl (C=O) groups excluding carboxylic acids is 1. The van der Waals surface area contributed by atoms with Crippen LogP contribution < -0.4 is 5.32 Å². The highest BCUT2D eigenvalue weighted by molar-refractivity contribution is 5.72. The van der Waals surface area contributed by atoms with Gasteiger partial charge in [-0.1, -0.05) is 32.9 Å². The molecule has 2 nitrogen and oxygen atoms in total. The second-order valence-corrected chi connectivity index (χ2v) is 6.07. The first-order valence-electron chi connectivity index (χ1n) is 6.57. The fourth-order valence-corrected chi connectivity index (χ4v) is 2.18. The van der Waals surface area contributed by atoms with Crippen LogP contribution in [0.2, 0.25) is 0 Å². The Balaban J connectivity index is 2.91. The van der Waals surface area contributed by atoms with Crippen LogP contribution in [0.3, 0.4) is 0 Å². The molecule has 1 rings (SSSR count). The van der Waals surface area contributed by atoms with Crippen LogP contribution in [-0.4, -0.2) is 12.5 Å². The maximum Gasteiger partial charge on any atom is 0.216 e. The van der Waals surface area contributed by atoms with Gasteiger partial charge in [0.1, 0.15) is 0 Å². The van der Waals surface area contributed by atoms with Gasteiger partial charge in [0.05, 0.1) is 0 Å². The maximum absolute atomic E-state index is 10.9. The minimum atomic E-state index is 0.0385. The lowest BCUT2D eigenvalue weighted by molar-refractivity contribution is -0.118. The van der Waals surface area contributed by atoms with Gasteiger partial charge in [0.25, 0.3) is 0 Å². The highest BCUT2D eigenvalue weighted by Gasteiger charge is 2.16. The van der Waals surface area contributed by atoms with Crippen molar-refractivity contribution in [2.45, 2.75) is 53.4 Å². The third-order valence-corrected chi connectivity index (χ3v) is 3.31. The molecule has 0 radical (unpaired) electrons. The van der Waals surface area contributed by atoms with E-state index in [9.17, 15) is 4.79 Å². The molecule has 0 atom stereocenters. The fraction of sp³-hybridized carbons (Fsp3) is 0.562. The van der Waals surface area contributed by atoms with Crippen molar-refractivity contribution in [1.82, 2.24) is 5.32 Å². The molecule has 0 bridgehead atoms. The lowest BCUT2D eigenvalue weighted by Gasteiger charge is -2.22. The standard InChI is InChI=1S/C16H25NO/c1-11-9-14(16(4,5)6)10-12(2)15(11)7-8-17-13(3)18/h9-10H,7-8H2,1-6H3,(H,17,18). The van der Waals surface area contributed by atoms with Crippen molar-refractivity contribution in [3.05, 3.63) is 34.4 Å². The van der Waals surface area contributed by atoms with Crippen molar-refractivity contribution in [1.29, 1.82) is 0 Å². The van der Waals surface area contributed by atoms with Gasteiger partial charge in [-0.3, -0.25) is 4.79 Å². The zero-order valence-electron chi connectivity index (χ0n) is 12.5. The molecule has 0 aliphatic heterocycles. The Morgan fingerprint density at radius 2 is 1.67 bits per heavy atom. The first-order chi connectivity index (χ1) is 8.21. The minimum absolute atomic E-state index is 0.0385. The normalized spacial score (nSPS) is 11.4. The van der Waals surface area contributed by atoms with E-state index in [1.54, 1.807) is 6.92 Å². The van der Waals surface area contributed by atoms with Gasteiger partial charge in [0.15, 0.2) is 0 Å². The van der Waals surface area contributed by atoms with E-state index in [2.05, 4.69) is 52.1 Å². The van der Waals surface area contributed by atoms with Crippen molar-refractivity contribution in [3.63, 3.8) is 0 Å². The van der Waals surface area contributed by atoms with E-state index >= 15 is 0 Å². The van der Waals surface area contributed by atoms with Crippen LogP contribution in [0.1, 0.15) is 49.9 Å². The van der Waals surface area contributed by atoms with Crippen molar-refractivity contribution in [2.75, 3.05) is 6.54 Å². The highest BCUT2D eigenvalue weighted by atomic mass is 16.1. The molecule has 0 aliphatic rings. The van der Waals surface area contributed by atoms with Crippen LogP contribution >= 0.6 is 0 Å².